The topological polar surface area (TPSA) is 105 Å². The third kappa shape index (κ3) is 3.70. The van der Waals surface area contributed by atoms with E-state index < -0.39 is 26.7 Å². The first-order chi connectivity index (χ1) is 11.9. The Morgan fingerprint density at radius 2 is 2.08 bits per heavy atom. The van der Waals surface area contributed by atoms with Crippen molar-refractivity contribution in [3.8, 4) is 0 Å². The van der Waals surface area contributed by atoms with Crippen molar-refractivity contribution in [2.45, 2.75) is 17.9 Å². The molecule has 26 heavy (non-hydrogen) atoms. The minimum atomic E-state index is -4.04. The molecule has 3 rings (SSSR count). The molecule has 1 unspecified atom stereocenters. The Balaban J connectivity index is 0.00000243. The van der Waals surface area contributed by atoms with Gasteiger partial charge in [-0.25, -0.2) is 8.42 Å². The van der Waals surface area contributed by atoms with Gasteiger partial charge in [0, 0.05) is 38.1 Å². The lowest BCUT2D eigenvalue weighted by atomic mass is 10.1. The lowest BCUT2D eigenvalue weighted by Gasteiger charge is -2.35. The van der Waals surface area contributed by atoms with Crippen molar-refractivity contribution in [1.82, 2.24) is 14.6 Å². The van der Waals surface area contributed by atoms with Crippen LogP contribution >= 0.6 is 12.4 Å². The highest BCUT2D eigenvalue weighted by Crippen LogP contribution is 2.34. The van der Waals surface area contributed by atoms with Gasteiger partial charge in [-0.3, -0.25) is 15.1 Å². The van der Waals surface area contributed by atoms with Crippen LogP contribution in [-0.4, -0.2) is 42.3 Å². The van der Waals surface area contributed by atoms with E-state index in [1.807, 2.05) is 0 Å². The molecule has 1 atom stereocenters. The maximum Gasteiger partial charge on any atom is 0.289 e. The van der Waals surface area contributed by atoms with Gasteiger partial charge in [-0.2, -0.15) is 4.31 Å². The molecule has 1 aliphatic heterocycles. The lowest BCUT2D eigenvalue weighted by molar-refractivity contribution is -0.387. The molecule has 0 aliphatic carbocycles. The highest BCUT2D eigenvalue weighted by atomic mass is 35.5. The van der Waals surface area contributed by atoms with Gasteiger partial charge in [0.1, 0.15) is 0 Å². The zero-order chi connectivity index (χ0) is 18.0. The van der Waals surface area contributed by atoms with E-state index in [-0.39, 0.29) is 23.8 Å². The summed E-state index contributed by atoms with van der Waals surface area (Å²) in [6.45, 7) is 2.70. The van der Waals surface area contributed by atoms with Gasteiger partial charge in [0.15, 0.2) is 4.90 Å². The summed E-state index contributed by atoms with van der Waals surface area (Å²) in [6.07, 6.45) is 3.23. The van der Waals surface area contributed by atoms with Crippen LogP contribution in [0.2, 0.25) is 0 Å². The number of benzene rings is 1. The molecule has 0 bridgehead atoms. The third-order valence-electron chi connectivity index (χ3n) is 4.22. The van der Waals surface area contributed by atoms with Crippen molar-refractivity contribution in [3.05, 3.63) is 64.0 Å². The fraction of sp³-hybridized carbons (Fsp3) is 0.312. The van der Waals surface area contributed by atoms with E-state index in [2.05, 4.69) is 10.3 Å². The van der Waals surface area contributed by atoms with Crippen LogP contribution in [0, 0.1) is 17.0 Å². The zero-order valence-electron chi connectivity index (χ0n) is 14.0. The van der Waals surface area contributed by atoms with Crippen LogP contribution in [0.1, 0.15) is 17.2 Å². The van der Waals surface area contributed by atoms with Crippen molar-refractivity contribution in [2.24, 2.45) is 0 Å². The number of sulfonamides is 1. The van der Waals surface area contributed by atoms with Gasteiger partial charge in [-0.05, 0) is 24.1 Å². The summed E-state index contributed by atoms with van der Waals surface area (Å²) in [5.41, 5.74) is 0.704. The second-order valence-electron chi connectivity index (χ2n) is 5.80. The highest BCUT2D eigenvalue weighted by Gasteiger charge is 2.39. The first-order valence-corrected chi connectivity index (χ1v) is 9.23. The number of aromatic nitrogens is 1. The molecule has 8 nitrogen and oxygen atoms in total. The van der Waals surface area contributed by atoms with E-state index in [1.54, 1.807) is 37.5 Å². The second-order valence-corrected chi connectivity index (χ2v) is 7.63. The standard InChI is InChI=1S/C16H18N4O4S.ClH/c1-12-4-2-6-14(20(21)22)16(12)25(23,24)19-9-8-18-11-15(19)13-5-3-7-17-10-13;/h2-7,10,15,18H,8-9,11H2,1H3;1H. The Labute approximate surface area is 157 Å². The molecule has 10 heteroatoms. The van der Waals surface area contributed by atoms with Crippen molar-refractivity contribution >= 4 is 28.1 Å². The Morgan fingerprint density at radius 1 is 1.31 bits per heavy atom. The Kier molecular flexibility index (Phi) is 6.30. The molecular formula is C16H19ClN4O4S. The molecule has 2 heterocycles. The Hall–Kier alpha value is -2.07. The van der Waals surface area contributed by atoms with Crippen LogP contribution in [0.5, 0.6) is 0 Å². The van der Waals surface area contributed by atoms with Crippen LogP contribution < -0.4 is 5.32 Å². The molecule has 1 aliphatic rings. The number of halogens is 1. The van der Waals surface area contributed by atoms with Gasteiger partial charge in [-0.15, -0.1) is 12.4 Å². The molecule has 2 aromatic rings. The normalized spacial score (nSPS) is 18.1. The third-order valence-corrected chi connectivity index (χ3v) is 6.32. The monoisotopic (exact) mass is 398 g/mol. The molecule has 1 fully saturated rings. The summed E-state index contributed by atoms with van der Waals surface area (Å²) in [5.74, 6) is 0. The smallest absolute Gasteiger partial charge is 0.289 e. The van der Waals surface area contributed by atoms with Gasteiger partial charge in [0.25, 0.3) is 15.7 Å². The van der Waals surface area contributed by atoms with E-state index in [4.69, 9.17) is 0 Å². The molecule has 1 aromatic carbocycles. The summed E-state index contributed by atoms with van der Waals surface area (Å²) in [5, 5.41) is 14.5. The number of rotatable bonds is 4. The molecule has 1 saturated heterocycles. The summed E-state index contributed by atoms with van der Waals surface area (Å²) in [7, 11) is -4.04. The summed E-state index contributed by atoms with van der Waals surface area (Å²) in [4.78, 5) is 14.5. The van der Waals surface area contributed by atoms with Crippen LogP contribution in [0.3, 0.4) is 0 Å². The average molecular weight is 399 g/mol. The first kappa shape index (κ1) is 20.2. The maximum absolute atomic E-state index is 13.3. The highest BCUT2D eigenvalue weighted by molar-refractivity contribution is 7.89. The molecule has 1 aromatic heterocycles. The molecule has 0 amide bonds. The van der Waals surface area contributed by atoms with Crippen LogP contribution in [0.15, 0.2) is 47.6 Å². The van der Waals surface area contributed by atoms with Crippen molar-refractivity contribution in [1.29, 1.82) is 0 Å². The van der Waals surface area contributed by atoms with Crippen molar-refractivity contribution in [2.75, 3.05) is 19.6 Å². The average Bonchev–Trinajstić information content (AvgIpc) is 2.62. The van der Waals surface area contributed by atoms with E-state index in [0.29, 0.717) is 18.7 Å². The number of hydrogen-bond donors (Lipinski definition) is 1. The Morgan fingerprint density at radius 3 is 2.73 bits per heavy atom. The predicted octanol–water partition coefficient (Wildman–Crippen LogP) is 2.06. The van der Waals surface area contributed by atoms with Crippen molar-refractivity contribution in [3.63, 3.8) is 0 Å². The van der Waals surface area contributed by atoms with Crippen LogP contribution in [0.4, 0.5) is 5.69 Å². The molecule has 1 N–H and O–H groups in total. The second kappa shape index (κ2) is 8.09. The predicted molar refractivity (Wildman–Crippen MR) is 98.8 cm³/mol. The van der Waals surface area contributed by atoms with E-state index >= 15 is 0 Å². The SMILES string of the molecule is Cc1cccc([N+](=O)[O-])c1S(=O)(=O)N1CCNCC1c1cccnc1.Cl. The van der Waals surface area contributed by atoms with E-state index in [1.165, 1.54) is 16.4 Å². The van der Waals surface area contributed by atoms with Crippen LogP contribution in [-0.2, 0) is 10.0 Å². The van der Waals surface area contributed by atoms with Gasteiger partial charge in [-0.1, -0.05) is 18.2 Å². The molecule has 0 spiro atoms. The fourth-order valence-corrected chi connectivity index (χ4v) is 5.04. The molecule has 140 valence electrons. The fourth-order valence-electron chi connectivity index (χ4n) is 3.06. The summed E-state index contributed by atoms with van der Waals surface area (Å²) < 4.78 is 27.9. The van der Waals surface area contributed by atoms with E-state index in [9.17, 15) is 18.5 Å². The van der Waals surface area contributed by atoms with Crippen LogP contribution in [0.25, 0.3) is 0 Å². The number of hydrogen-bond acceptors (Lipinski definition) is 6. The summed E-state index contributed by atoms with van der Waals surface area (Å²) >= 11 is 0. The number of nitro benzene ring substituents is 1. The van der Waals surface area contributed by atoms with Gasteiger partial charge < -0.3 is 5.32 Å². The van der Waals surface area contributed by atoms with Crippen molar-refractivity contribution < 1.29 is 13.3 Å². The lowest BCUT2D eigenvalue weighted by Crippen LogP contribution is -2.48. The Bertz CT molecular complexity index is 892. The quantitative estimate of drug-likeness (QED) is 0.624. The molecule has 0 radical (unpaired) electrons. The minimum Gasteiger partial charge on any atom is -0.313 e. The number of nitrogens with one attached hydrogen (secondary N) is 1. The molecular weight excluding hydrogens is 380 g/mol. The number of piperazine rings is 1. The number of aryl methyl sites for hydroxylation is 1. The van der Waals surface area contributed by atoms with Gasteiger partial charge in [0.05, 0.1) is 11.0 Å². The molecule has 0 saturated carbocycles. The maximum atomic E-state index is 13.3. The van der Waals surface area contributed by atoms with Gasteiger partial charge >= 0.3 is 0 Å². The number of pyridine rings is 1. The number of nitrogens with zero attached hydrogens (tertiary/aromatic N) is 3. The van der Waals surface area contributed by atoms with Gasteiger partial charge in [0.2, 0.25) is 0 Å². The largest absolute Gasteiger partial charge is 0.313 e. The number of nitro groups is 1. The summed E-state index contributed by atoms with van der Waals surface area (Å²) in [6, 6.07) is 7.36. The zero-order valence-corrected chi connectivity index (χ0v) is 15.7. The minimum absolute atomic E-state index is 0. The first-order valence-electron chi connectivity index (χ1n) is 7.79. The van der Waals surface area contributed by atoms with E-state index in [0.717, 1.165) is 5.56 Å².